The van der Waals surface area contributed by atoms with Crippen LogP contribution in [0.4, 0.5) is 0 Å². The number of aliphatic carboxylic acids is 1. The number of carboxylic acid groups (broad SMARTS) is 1. The van der Waals surface area contributed by atoms with E-state index >= 15 is 0 Å². The highest BCUT2D eigenvalue weighted by atomic mass is 32.2. The maximum Gasteiger partial charge on any atom is 0.331 e. The first-order chi connectivity index (χ1) is 7.71. The molecule has 7 nitrogen and oxygen atoms in total. The third-order valence-corrected chi connectivity index (χ3v) is 3.55. The van der Waals surface area contributed by atoms with Crippen LogP contribution in [0.15, 0.2) is 11.1 Å². The van der Waals surface area contributed by atoms with E-state index in [1.807, 2.05) is 0 Å². The summed E-state index contributed by atoms with van der Waals surface area (Å²) in [7, 11) is -2.10. The zero-order valence-corrected chi connectivity index (χ0v) is 10.7. The van der Waals surface area contributed by atoms with Crippen LogP contribution < -0.4 is 10.0 Å². The molecular weight excluding hydrogens is 248 g/mol. The van der Waals surface area contributed by atoms with Gasteiger partial charge in [0.2, 0.25) is 15.9 Å². The van der Waals surface area contributed by atoms with Crippen molar-refractivity contribution in [3.63, 3.8) is 0 Å². The molecule has 0 atom stereocenters. The number of sulfonamides is 1. The van der Waals surface area contributed by atoms with Gasteiger partial charge in [-0.2, -0.15) is 0 Å². The zero-order chi connectivity index (χ0) is 13.6. The van der Waals surface area contributed by atoms with E-state index in [1.165, 1.54) is 20.9 Å². The van der Waals surface area contributed by atoms with Gasteiger partial charge in [-0.1, -0.05) is 0 Å². The molecule has 98 valence electrons. The minimum absolute atomic E-state index is 0.0550. The van der Waals surface area contributed by atoms with Crippen molar-refractivity contribution >= 4 is 21.9 Å². The van der Waals surface area contributed by atoms with Gasteiger partial charge in [-0.15, -0.1) is 0 Å². The fourth-order valence-electron chi connectivity index (χ4n) is 0.864. The zero-order valence-electron chi connectivity index (χ0n) is 9.90. The third-order valence-electron chi connectivity index (χ3n) is 2.19. The predicted molar refractivity (Wildman–Crippen MR) is 61.9 cm³/mol. The molecule has 0 unspecified atom stereocenters. The van der Waals surface area contributed by atoms with Crippen LogP contribution in [0.1, 0.15) is 13.8 Å². The molecule has 0 rings (SSSR count). The number of hydrogen-bond donors (Lipinski definition) is 3. The first-order valence-corrected chi connectivity index (χ1v) is 6.46. The molecule has 0 aromatic carbocycles. The molecule has 0 aliphatic carbocycles. The summed E-state index contributed by atoms with van der Waals surface area (Å²) in [5.74, 6) is -2.02. The maximum atomic E-state index is 11.4. The summed E-state index contributed by atoms with van der Waals surface area (Å²) in [6, 6.07) is 0. The van der Waals surface area contributed by atoms with E-state index in [0.29, 0.717) is 0 Å². The topological polar surface area (TPSA) is 113 Å². The van der Waals surface area contributed by atoms with Crippen LogP contribution in [0.5, 0.6) is 0 Å². The van der Waals surface area contributed by atoms with Crippen molar-refractivity contribution in [1.82, 2.24) is 10.0 Å². The smallest absolute Gasteiger partial charge is 0.331 e. The second kappa shape index (κ2) is 6.36. The molecule has 0 aromatic rings. The lowest BCUT2D eigenvalue weighted by molar-refractivity contribution is -0.133. The van der Waals surface area contributed by atoms with Gasteiger partial charge in [0.1, 0.15) is 0 Å². The Bertz CT molecular complexity index is 438. The van der Waals surface area contributed by atoms with Crippen LogP contribution >= 0.6 is 0 Å². The summed E-state index contributed by atoms with van der Waals surface area (Å²) in [6.45, 7) is 2.60. The lowest BCUT2D eigenvalue weighted by Gasteiger charge is -2.07. The normalized spacial score (nSPS) is 12.9. The van der Waals surface area contributed by atoms with Crippen molar-refractivity contribution < 1.29 is 23.1 Å². The second-order valence-corrected chi connectivity index (χ2v) is 5.38. The highest BCUT2D eigenvalue weighted by molar-refractivity contribution is 7.89. The van der Waals surface area contributed by atoms with Crippen LogP contribution in [-0.2, 0) is 19.6 Å². The molecule has 0 saturated heterocycles. The molecule has 0 bridgehead atoms. The summed E-state index contributed by atoms with van der Waals surface area (Å²) < 4.78 is 24.1. The van der Waals surface area contributed by atoms with E-state index in [1.54, 1.807) is 0 Å². The average molecular weight is 264 g/mol. The van der Waals surface area contributed by atoms with Crippen LogP contribution in [0, 0.1) is 0 Å². The fourth-order valence-corrected chi connectivity index (χ4v) is 1.44. The summed E-state index contributed by atoms with van der Waals surface area (Å²) in [5, 5.41) is 11.0. The van der Waals surface area contributed by atoms with E-state index in [2.05, 4.69) is 10.0 Å². The monoisotopic (exact) mass is 264 g/mol. The summed E-state index contributed by atoms with van der Waals surface area (Å²) in [6.07, 6.45) is 0. The van der Waals surface area contributed by atoms with Crippen LogP contribution in [-0.4, -0.2) is 44.7 Å². The molecule has 0 fully saturated rings. The Kier molecular flexibility index (Phi) is 5.83. The van der Waals surface area contributed by atoms with Crippen LogP contribution in [0.2, 0.25) is 0 Å². The number of carbonyl (C=O) groups is 2. The average Bonchev–Trinajstić information content (AvgIpc) is 2.26. The quantitative estimate of drug-likeness (QED) is 0.537. The molecule has 0 aliphatic heterocycles. The predicted octanol–water partition coefficient (Wildman–Crippen LogP) is -0.927. The Morgan fingerprint density at radius 3 is 2.12 bits per heavy atom. The molecule has 0 saturated carbocycles. The van der Waals surface area contributed by atoms with Gasteiger partial charge in [-0.3, -0.25) is 4.79 Å². The van der Waals surface area contributed by atoms with Gasteiger partial charge in [-0.25, -0.2) is 17.9 Å². The number of rotatable bonds is 6. The minimum atomic E-state index is -3.37. The van der Waals surface area contributed by atoms with E-state index in [4.69, 9.17) is 5.11 Å². The molecule has 0 aliphatic rings. The standard InChI is InChI=1S/C9H16N2O5S/c1-6(7(2)9(13)14)8(12)11-4-5-17(15,16)10-3/h10H,4-5H2,1-3H3,(H,11,12)(H,13,14). The first-order valence-electron chi connectivity index (χ1n) is 4.81. The lowest BCUT2D eigenvalue weighted by atomic mass is 10.1. The van der Waals surface area contributed by atoms with Gasteiger partial charge in [0, 0.05) is 17.7 Å². The second-order valence-electron chi connectivity index (χ2n) is 3.33. The number of hydrogen-bond acceptors (Lipinski definition) is 4. The minimum Gasteiger partial charge on any atom is -0.478 e. The maximum absolute atomic E-state index is 11.4. The van der Waals surface area contributed by atoms with Crippen LogP contribution in [0.3, 0.4) is 0 Å². The molecule has 0 radical (unpaired) electrons. The highest BCUT2D eigenvalue weighted by Gasteiger charge is 2.13. The summed E-state index contributed by atoms with van der Waals surface area (Å²) in [5.41, 5.74) is -0.0154. The van der Waals surface area contributed by atoms with Crippen molar-refractivity contribution in [2.45, 2.75) is 13.8 Å². The van der Waals surface area contributed by atoms with Gasteiger partial charge >= 0.3 is 5.97 Å². The van der Waals surface area contributed by atoms with Crippen LogP contribution in [0.25, 0.3) is 0 Å². The van der Waals surface area contributed by atoms with Crippen molar-refractivity contribution in [1.29, 1.82) is 0 Å². The SMILES string of the molecule is CNS(=O)(=O)CCNC(=O)C(C)=C(C)C(=O)O. The summed E-state index contributed by atoms with van der Waals surface area (Å²) in [4.78, 5) is 22.0. The van der Waals surface area contributed by atoms with E-state index in [9.17, 15) is 18.0 Å². The molecule has 0 spiro atoms. The Hall–Kier alpha value is -1.41. The van der Waals surface area contributed by atoms with Crippen molar-refractivity contribution in [3.8, 4) is 0 Å². The lowest BCUT2D eigenvalue weighted by Crippen LogP contribution is -2.33. The van der Waals surface area contributed by atoms with E-state index < -0.39 is 21.9 Å². The Balaban J connectivity index is 4.40. The van der Waals surface area contributed by atoms with Crippen molar-refractivity contribution in [2.75, 3.05) is 19.3 Å². The van der Waals surface area contributed by atoms with Crippen molar-refractivity contribution in [2.24, 2.45) is 0 Å². The van der Waals surface area contributed by atoms with E-state index in [-0.39, 0.29) is 23.4 Å². The Morgan fingerprint density at radius 1 is 1.18 bits per heavy atom. The molecule has 0 heterocycles. The molecule has 17 heavy (non-hydrogen) atoms. The molecular formula is C9H16N2O5S. The molecule has 8 heteroatoms. The van der Waals surface area contributed by atoms with Gasteiger partial charge in [-0.05, 0) is 20.9 Å². The Morgan fingerprint density at radius 2 is 1.71 bits per heavy atom. The third kappa shape index (κ3) is 5.45. The van der Waals surface area contributed by atoms with Gasteiger partial charge in [0.15, 0.2) is 0 Å². The molecule has 1 amide bonds. The van der Waals surface area contributed by atoms with E-state index in [0.717, 1.165) is 0 Å². The number of amides is 1. The van der Waals surface area contributed by atoms with Crippen molar-refractivity contribution in [3.05, 3.63) is 11.1 Å². The Labute approximate surface area is 99.9 Å². The number of carboxylic acids is 1. The van der Waals surface area contributed by atoms with Gasteiger partial charge < -0.3 is 10.4 Å². The molecule has 3 N–H and O–H groups in total. The number of carbonyl (C=O) groups excluding carboxylic acids is 1. The fraction of sp³-hybridized carbons (Fsp3) is 0.556. The summed E-state index contributed by atoms with van der Waals surface area (Å²) >= 11 is 0. The number of nitrogens with one attached hydrogen (secondary N) is 2. The first kappa shape index (κ1) is 15.6. The molecule has 0 aromatic heterocycles. The van der Waals surface area contributed by atoms with Gasteiger partial charge in [0.05, 0.1) is 5.75 Å². The van der Waals surface area contributed by atoms with Gasteiger partial charge in [0.25, 0.3) is 0 Å². The largest absolute Gasteiger partial charge is 0.478 e. The highest BCUT2D eigenvalue weighted by Crippen LogP contribution is 2.03.